The Hall–Kier alpha value is -4.60. The molecule has 0 unspecified atom stereocenters. The Bertz CT molecular complexity index is 1530. The third-order valence-electron chi connectivity index (χ3n) is 6.98. The molecule has 1 aliphatic rings. The van der Waals surface area contributed by atoms with E-state index in [0.29, 0.717) is 69.6 Å². The average Bonchev–Trinajstić information content (AvgIpc) is 3.44. The number of halogens is 3. The van der Waals surface area contributed by atoms with Crippen LogP contribution in [0.5, 0.6) is 0 Å². The Morgan fingerprint density at radius 1 is 1.09 bits per heavy atom. The van der Waals surface area contributed by atoms with Gasteiger partial charge in [0.2, 0.25) is 0 Å². The number of ether oxygens (including phenoxy) is 2. The number of hydrogen-bond donors (Lipinski definition) is 2. The van der Waals surface area contributed by atoms with E-state index in [9.17, 15) is 18.0 Å². The number of rotatable bonds is 14. The molecule has 46 heavy (non-hydrogen) atoms. The van der Waals surface area contributed by atoms with Crippen LogP contribution in [0.25, 0.3) is 11.4 Å². The number of amides is 1. The van der Waals surface area contributed by atoms with Gasteiger partial charge < -0.3 is 29.9 Å². The second-order valence-corrected chi connectivity index (χ2v) is 10.5. The van der Waals surface area contributed by atoms with Gasteiger partial charge in [0.05, 0.1) is 43.3 Å². The second-order valence-electron chi connectivity index (χ2n) is 10.5. The number of hydrogen-bond acceptors (Lipinski definition) is 10. The molecule has 246 valence electrons. The molecule has 0 atom stereocenters. The molecular weight excluding hydrogens is 603 g/mol. The van der Waals surface area contributed by atoms with Crippen LogP contribution in [0, 0.1) is 0 Å². The minimum Gasteiger partial charge on any atom is -0.382 e. The summed E-state index contributed by atoms with van der Waals surface area (Å²) in [6, 6.07) is 10.00. The average molecular weight is 642 g/mol. The van der Waals surface area contributed by atoms with E-state index >= 15 is 0 Å². The molecule has 1 saturated heterocycles. The molecule has 12 nitrogen and oxygen atoms in total. The number of pyridine rings is 2. The Labute approximate surface area is 265 Å². The first-order valence-electron chi connectivity index (χ1n) is 14.6. The normalized spacial score (nSPS) is 15.0. The van der Waals surface area contributed by atoms with Gasteiger partial charge in [0.1, 0.15) is 23.0 Å². The van der Waals surface area contributed by atoms with Crippen molar-refractivity contribution in [1.82, 2.24) is 29.5 Å². The number of likely N-dealkylation sites (N-methyl/N-ethyl adjacent to an activating group) is 1. The summed E-state index contributed by atoms with van der Waals surface area (Å²) in [5, 5.41) is 10.3. The molecule has 3 aromatic heterocycles. The fourth-order valence-electron chi connectivity index (χ4n) is 4.64. The number of methoxy groups -OCH3 is 1. The fourth-order valence-corrected chi connectivity index (χ4v) is 4.64. The summed E-state index contributed by atoms with van der Waals surface area (Å²) in [6.45, 7) is 8.62. The molecule has 4 heterocycles. The molecular formula is C31H38F3N9O3. The van der Waals surface area contributed by atoms with Gasteiger partial charge in [-0.2, -0.15) is 18.3 Å². The highest BCUT2D eigenvalue weighted by molar-refractivity contribution is 6.04. The molecule has 1 aliphatic heterocycles. The van der Waals surface area contributed by atoms with Gasteiger partial charge in [0.25, 0.3) is 5.91 Å². The first-order chi connectivity index (χ1) is 22.1. The number of nitrogens with zero attached hydrogens (tertiary/aromatic N) is 7. The lowest BCUT2D eigenvalue weighted by Gasteiger charge is -2.35. The fraction of sp³-hybridized carbons (Fsp3) is 0.387. The number of nitrogens with one attached hydrogen (secondary N) is 2. The number of aromatic nitrogens is 4. The van der Waals surface area contributed by atoms with Crippen molar-refractivity contribution in [2.75, 3.05) is 70.8 Å². The highest BCUT2D eigenvalue weighted by Crippen LogP contribution is 2.32. The first-order valence-corrected chi connectivity index (χ1v) is 14.6. The van der Waals surface area contributed by atoms with Gasteiger partial charge >= 0.3 is 6.18 Å². The van der Waals surface area contributed by atoms with Crippen molar-refractivity contribution in [3.63, 3.8) is 0 Å². The molecule has 0 aromatic carbocycles. The van der Waals surface area contributed by atoms with E-state index in [-0.39, 0.29) is 23.0 Å². The minimum absolute atomic E-state index is 0.0397. The predicted octanol–water partition coefficient (Wildman–Crippen LogP) is 4.29. The number of carbonyl (C=O) groups is 1. The minimum atomic E-state index is -4.68. The highest BCUT2D eigenvalue weighted by atomic mass is 19.4. The largest absolute Gasteiger partial charge is 0.420 e. The number of anilines is 2. The van der Waals surface area contributed by atoms with Crippen molar-refractivity contribution in [2.24, 2.45) is 4.99 Å². The summed E-state index contributed by atoms with van der Waals surface area (Å²) in [7, 11) is 3.51. The van der Waals surface area contributed by atoms with Crippen LogP contribution in [-0.2, 0) is 16.0 Å². The van der Waals surface area contributed by atoms with E-state index in [1.165, 1.54) is 13.0 Å². The lowest BCUT2D eigenvalue weighted by atomic mass is 10.2. The van der Waals surface area contributed by atoms with E-state index in [0.717, 1.165) is 6.08 Å². The summed E-state index contributed by atoms with van der Waals surface area (Å²) < 4.78 is 54.7. The van der Waals surface area contributed by atoms with Crippen LogP contribution in [-0.4, -0.2) is 109 Å². The lowest BCUT2D eigenvalue weighted by molar-refractivity contribution is -0.0905. The SMILES string of the molecule is C=N/C(=C(\C=C(/C)Nc1cccc(C(=O)Nc2cn(CCOCCOC)nc2-c2ccccn2)n1)C(F)(F)F)N1CCN(C)CC1. The van der Waals surface area contributed by atoms with Crippen molar-refractivity contribution >= 4 is 24.1 Å². The topological polar surface area (TPSA) is 122 Å². The molecule has 1 fully saturated rings. The van der Waals surface area contributed by atoms with Gasteiger partial charge in [-0.05, 0) is 51.0 Å². The van der Waals surface area contributed by atoms with E-state index in [1.807, 2.05) is 18.0 Å². The summed E-state index contributed by atoms with van der Waals surface area (Å²) >= 11 is 0. The number of aliphatic imine (C=N–C) groups is 1. The molecule has 3 aromatic rings. The maximum atomic E-state index is 14.2. The van der Waals surface area contributed by atoms with Crippen LogP contribution in [0.2, 0.25) is 0 Å². The zero-order valence-corrected chi connectivity index (χ0v) is 26.0. The van der Waals surface area contributed by atoms with Crippen molar-refractivity contribution < 1.29 is 27.4 Å². The molecule has 4 rings (SSSR count). The molecule has 0 bridgehead atoms. The maximum absolute atomic E-state index is 14.2. The number of carbonyl (C=O) groups excluding carboxylic acids is 1. The number of alkyl halides is 3. The van der Waals surface area contributed by atoms with Crippen LogP contribution in [0.4, 0.5) is 24.7 Å². The van der Waals surface area contributed by atoms with Crippen molar-refractivity contribution in [2.45, 2.75) is 19.6 Å². The van der Waals surface area contributed by atoms with Gasteiger partial charge in [-0.15, -0.1) is 0 Å². The Morgan fingerprint density at radius 2 is 1.87 bits per heavy atom. The van der Waals surface area contributed by atoms with Gasteiger partial charge in [-0.25, -0.2) is 9.98 Å². The van der Waals surface area contributed by atoms with E-state index in [4.69, 9.17) is 9.47 Å². The lowest BCUT2D eigenvalue weighted by Crippen LogP contribution is -2.44. The zero-order valence-electron chi connectivity index (χ0n) is 26.0. The summed E-state index contributed by atoms with van der Waals surface area (Å²) in [4.78, 5) is 29.4. The third kappa shape index (κ3) is 9.45. The smallest absolute Gasteiger partial charge is 0.382 e. The molecule has 2 N–H and O–H groups in total. The van der Waals surface area contributed by atoms with Crippen molar-refractivity contribution in [3.8, 4) is 11.4 Å². The van der Waals surface area contributed by atoms with E-state index in [2.05, 4.69) is 37.4 Å². The second kappa shape index (κ2) is 16.1. The van der Waals surface area contributed by atoms with Crippen molar-refractivity contribution in [1.29, 1.82) is 0 Å². The monoisotopic (exact) mass is 641 g/mol. The van der Waals surface area contributed by atoms with Crippen LogP contribution < -0.4 is 10.6 Å². The van der Waals surface area contributed by atoms with E-state index < -0.39 is 17.7 Å². The Balaban J connectivity index is 1.52. The van der Waals surface area contributed by atoms with Crippen molar-refractivity contribution in [3.05, 3.63) is 77.7 Å². The summed E-state index contributed by atoms with van der Waals surface area (Å²) in [5.74, 6) is -0.583. The van der Waals surface area contributed by atoms with Gasteiger partial charge in [-0.1, -0.05) is 12.1 Å². The Kier molecular flexibility index (Phi) is 12.0. The molecule has 1 amide bonds. The Morgan fingerprint density at radius 3 is 2.54 bits per heavy atom. The van der Waals surface area contributed by atoms with Gasteiger partial charge in [-0.3, -0.25) is 14.5 Å². The standard InChI is InChI=1S/C31H38F3N9O3/c1-22(20-23(31(32,33)34)29(35-2)42-14-12-41(3)13-15-42)37-27-10-7-9-25(38-27)30(44)39-26-21-43(16-17-46-19-18-45-4)40-28(26)24-8-5-6-11-36-24/h5-11,20-21H,2,12-19H2,1,3-4H3,(H,37,38)(H,39,44)/b22-20+,29-23-. The number of piperazine rings is 1. The van der Waals surface area contributed by atoms with Crippen LogP contribution in [0.3, 0.4) is 0 Å². The molecule has 0 saturated carbocycles. The van der Waals surface area contributed by atoms with E-state index in [1.54, 1.807) is 53.4 Å². The molecule has 0 radical (unpaired) electrons. The van der Waals surface area contributed by atoms with Gasteiger partial charge in [0, 0.05) is 51.4 Å². The predicted molar refractivity (Wildman–Crippen MR) is 169 cm³/mol. The van der Waals surface area contributed by atoms with Crippen LogP contribution in [0.15, 0.2) is 77.0 Å². The summed E-state index contributed by atoms with van der Waals surface area (Å²) in [5.41, 5.74) is 0.688. The quantitative estimate of drug-likeness (QED) is 0.151. The maximum Gasteiger partial charge on any atom is 0.420 e. The zero-order chi connectivity index (χ0) is 33.1. The summed E-state index contributed by atoms with van der Waals surface area (Å²) in [6.07, 6.45) is -0.404. The third-order valence-corrected chi connectivity index (χ3v) is 6.98. The van der Waals surface area contributed by atoms with Gasteiger partial charge in [0.15, 0.2) is 0 Å². The number of allylic oxidation sites excluding steroid dienone is 3. The van der Waals surface area contributed by atoms with Crippen LogP contribution in [0.1, 0.15) is 17.4 Å². The highest BCUT2D eigenvalue weighted by Gasteiger charge is 2.37. The molecule has 0 aliphatic carbocycles. The molecule has 0 spiro atoms. The van der Waals surface area contributed by atoms with Crippen LogP contribution >= 0.6 is 0 Å². The molecule has 15 heteroatoms. The first kappa shape index (κ1) is 34.3.